The second-order valence-corrected chi connectivity index (χ2v) is 6.06. The lowest BCUT2D eigenvalue weighted by Crippen LogP contribution is -2.50. The Labute approximate surface area is 125 Å². The molecule has 0 bridgehead atoms. The van der Waals surface area contributed by atoms with E-state index in [2.05, 4.69) is 15.3 Å². The number of nitrogens with zero attached hydrogens (tertiary/aromatic N) is 2. The highest BCUT2D eigenvalue weighted by molar-refractivity contribution is 5.87. The zero-order chi connectivity index (χ0) is 15.6. The van der Waals surface area contributed by atoms with Crippen molar-refractivity contribution in [2.45, 2.75) is 52.6 Å². The average Bonchev–Trinajstić information content (AvgIpc) is 3.02. The summed E-state index contributed by atoms with van der Waals surface area (Å²) >= 11 is 0. The Hall–Kier alpha value is -1.85. The van der Waals surface area contributed by atoms with Gasteiger partial charge in [0.1, 0.15) is 11.9 Å². The highest BCUT2D eigenvalue weighted by Gasteiger charge is 2.36. The van der Waals surface area contributed by atoms with Gasteiger partial charge in [-0.25, -0.2) is 4.98 Å². The van der Waals surface area contributed by atoms with E-state index in [1.807, 2.05) is 25.7 Å². The first-order chi connectivity index (χ1) is 9.90. The third-order valence-electron chi connectivity index (χ3n) is 3.87. The van der Waals surface area contributed by atoms with E-state index in [1.54, 1.807) is 6.20 Å². The van der Waals surface area contributed by atoms with Crippen LogP contribution in [0.25, 0.3) is 0 Å². The molecule has 2 rings (SSSR count). The van der Waals surface area contributed by atoms with Gasteiger partial charge in [0.05, 0.1) is 6.04 Å². The molecule has 2 heterocycles. The number of hydrogen-bond acceptors (Lipinski definition) is 3. The first kappa shape index (κ1) is 15.5. The van der Waals surface area contributed by atoms with Gasteiger partial charge in [0.15, 0.2) is 0 Å². The summed E-state index contributed by atoms with van der Waals surface area (Å²) in [6, 6.07) is -0.486. The Bertz CT molecular complexity index is 523. The standard InChI is InChI=1S/C15H24N4O2/c1-9(2)13(18-11(4)20)15(21)19-7-5-6-12(19)14-16-8-10(3)17-14/h8-9,12-13H,5-7H2,1-4H3,(H,16,17)(H,18,20). The number of carbonyl (C=O) groups is 2. The number of imidazole rings is 1. The molecule has 21 heavy (non-hydrogen) atoms. The maximum Gasteiger partial charge on any atom is 0.246 e. The van der Waals surface area contributed by atoms with E-state index in [0.717, 1.165) is 24.4 Å². The van der Waals surface area contributed by atoms with Crippen molar-refractivity contribution >= 4 is 11.8 Å². The normalized spacial score (nSPS) is 19.9. The molecule has 1 saturated heterocycles. The second kappa shape index (κ2) is 6.28. The molecular weight excluding hydrogens is 268 g/mol. The lowest BCUT2D eigenvalue weighted by molar-refractivity contribution is -0.138. The fraction of sp³-hybridized carbons (Fsp3) is 0.667. The minimum Gasteiger partial charge on any atom is -0.344 e. The summed E-state index contributed by atoms with van der Waals surface area (Å²) < 4.78 is 0. The molecule has 1 aromatic heterocycles. The van der Waals surface area contributed by atoms with Crippen LogP contribution < -0.4 is 5.32 Å². The number of rotatable bonds is 4. The molecule has 0 aromatic carbocycles. The van der Waals surface area contributed by atoms with Crippen molar-refractivity contribution in [1.82, 2.24) is 20.2 Å². The molecule has 1 aromatic rings. The number of likely N-dealkylation sites (tertiary alicyclic amines) is 1. The molecule has 2 unspecified atom stereocenters. The number of aromatic nitrogens is 2. The van der Waals surface area contributed by atoms with E-state index in [1.165, 1.54) is 6.92 Å². The van der Waals surface area contributed by atoms with Crippen LogP contribution in [0.1, 0.15) is 51.2 Å². The Balaban J connectivity index is 2.17. The predicted octanol–water partition coefficient (Wildman–Crippen LogP) is 1.54. The third kappa shape index (κ3) is 3.43. The molecule has 6 nitrogen and oxygen atoms in total. The number of amides is 2. The van der Waals surface area contributed by atoms with Crippen molar-refractivity contribution in [1.29, 1.82) is 0 Å². The molecule has 2 amide bonds. The largest absolute Gasteiger partial charge is 0.344 e. The SMILES string of the molecule is CC(=O)NC(C(=O)N1CCCC1c1ncc(C)[nH]1)C(C)C. The van der Waals surface area contributed by atoms with E-state index in [4.69, 9.17) is 0 Å². The molecule has 0 saturated carbocycles. The first-order valence-electron chi connectivity index (χ1n) is 7.49. The van der Waals surface area contributed by atoms with E-state index in [0.29, 0.717) is 6.54 Å². The lowest BCUT2D eigenvalue weighted by Gasteiger charge is -2.30. The van der Waals surface area contributed by atoms with Crippen molar-refractivity contribution < 1.29 is 9.59 Å². The average molecular weight is 292 g/mol. The summed E-state index contributed by atoms with van der Waals surface area (Å²) in [5.74, 6) is 0.702. The molecule has 0 radical (unpaired) electrons. The molecule has 1 aliphatic rings. The van der Waals surface area contributed by atoms with Crippen LogP contribution in [-0.2, 0) is 9.59 Å². The maximum atomic E-state index is 12.8. The molecule has 6 heteroatoms. The van der Waals surface area contributed by atoms with Crippen LogP contribution in [0.4, 0.5) is 0 Å². The Morgan fingerprint density at radius 3 is 2.71 bits per heavy atom. The van der Waals surface area contributed by atoms with Crippen LogP contribution in [0.3, 0.4) is 0 Å². The van der Waals surface area contributed by atoms with Crippen LogP contribution in [0.2, 0.25) is 0 Å². The number of nitrogens with one attached hydrogen (secondary N) is 2. The fourth-order valence-corrected chi connectivity index (χ4v) is 2.83. The summed E-state index contributed by atoms with van der Waals surface area (Å²) in [6.45, 7) is 8.00. The molecule has 1 fully saturated rings. The lowest BCUT2D eigenvalue weighted by atomic mass is 10.0. The molecule has 2 atom stereocenters. The summed E-state index contributed by atoms with van der Waals surface area (Å²) in [4.78, 5) is 33.5. The minimum absolute atomic E-state index is 0.0128. The van der Waals surface area contributed by atoms with E-state index in [-0.39, 0.29) is 23.8 Å². The zero-order valence-corrected chi connectivity index (χ0v) is 13.1. The zero-order valence-electron chi connectivity index (χ0n) is 13.1. The summed E-state index contributed by atoms with van der Waals surface area (Å²) in [5, 5.41) is 2.77. The number of H-pyrrole nitrogens is 1. The molecule has 116 valence electrons. The van der Waals surface area contributed by atoms with Crippen molar-refractivity contribution in [3.05, 3.63) is 17.7 Å². The smallest absolute Gasteiger partial charge is 0.246 e. The first-order valence-corrected chi connectivity index (χ1v) is 7.49. The molecular formula is C15H24N4O2. The Kier molecular flexibility index (Phi) is 4.65. The van der Waals surface area contributed by atoms with Gasteiger partial charge in [0.25, 0.3) is 0 Å². The topological polar surface area (TPSA) is 78.1 Å². The van der Waals surface area contributed by atoms with E-state index >= 15 is 0 Å². The maximum absolute atomic E-state index is 12.8. The van der Waals surface area contributed by atoms with Crippen molar-refractivity contribution in [3.63, 3.8) is 0 Å². The highest BCUT2D eigenvalue weighted by Crippen LogP contribution is 2.31. The third-order valence-corrected chi connectivity index (χ3v) is 3.87. The molecule has 2 N–H and O–H groups in total. The van der Waals surface area contributed by atoms with Crippen LogP contribution in [0.5, 0.6) is 0 Å². The van der Waals surface area contributed by atoms with Gasteiger partial charge in [-0.15, -0.1) is 0 Å². The predicted molar refractivity (Wildman–Crippen MR) is 79.5 cm³/mol. The molecule has 0 spiro atoms. The number of carbonyl (C=O) groups excluding carboxylic acids is 2. The second-order valence-electron chi connectivity index (χ2n) is 6.06. The van der Waals surface area contributed by atoms with E-state index in [9.17, 15) is 9.59 Å². The minimum atomic E-state index is -0.473. The Morgan fingerprint density at radius 2 is 2.19 bits per heavy atom. The number of aryl methyl sites for hydroxylation is 1. The van der Waals surface area contributed by atoms with Gasteiger partial charge in [-0.3, -0.25) is 9.59 Å². The van der Waals surface area contributed by atoms with Gasteiger partial charge in [-0.1, -0.05) is 13.8 Å². The van der Waals surface area contributed by atoms with E-state index < -0.39 is 6.04 Å². The van der Waals surface area contributed by atoms with Gasteiger partial charge in [-0.05, 0) is 25.7 Å². The molecule has 1 aliphatic heterocycles. The quantitative estimate of drug-likeness (QED) is 0.883. The monoisotopic (exact) mass is 292 g/mol. The van der Waals surface area contributed by atoms with Crippen molar-refractivity contribution in [2.75, 3.05) is 6.54 Å². The highest BCUT2D eigenvalue weighted by atomic mass is 16.2. The fourth-order valence-electron chi connectivity index (χ4n) is 2.83. The summed E-state index contributed by atoms with van der Waals surface area (Å²) in [5.41, 5.74) is 0.992. The van der Waals surface area contributed by atoms with Gasteiger partial charge < -0.3 is 15.2 Å². The van der Waals surface area contributed by atoms with Crippen LogP contribution in [0.15, 0.2) is 6.20 Å². The number of hydrogen-bond donors (Lipinski definition) is 2. The van der Waals surface area contributed by atoms with Gasteiger partial charge in [-0.2, -0.15) is 0 Å². The number of aromatic amines is 1. The van der Waals surface area contributed by atoms with Crippen LogP contribution >= 0.6 is 0 Å². The van der Waals surface area contributed by atoms with Gasteiger partial charge in [0, 0.05) is 25.4 Å². The van der Waals surface area contributed by atoms with Crippen LogP contribution in [0, 0.1) is 12.8 Å². The van der Waals surface area contributed by atoms with Crippen LogP contribution in [-0.4, -0.2) is 39.3 Å². The van der Waals surface area contributed by atoms with Gasteiger partial charge >= 0.3 is 0 Å². The molecule has 0 aliphatic carbocycles. The Morgan fingerprint density at radius 1 is 1.48 bits per heavy atom. The summed E-state index contributed by atoms with van der Waals surface area (Å²) in [7, 11) is 0. The van der Waals surface area contributed by atoms with Crippen molar-refractivity contribution in [2.24, 2.45) is 5.92 Å². The van der Waals surface area contributed by atoms with Gasteiger partial charge in [0.2, 0.25) is 11.8 Å². The van der Waals surface area contributed by atoms with Crippen molar-refractivity contribution in [3.8, 4) is 0 Å². The summed E-state index contributed by atoms with van der Waals surface area (Å²) in [6.07, 6.45) is 3.65.